The van der Waals surface area contributed by atoms with Gasteiger partial charge in [-0.15, -0.1) is 0 Å². The van der Waals surface area contributed by atoms with Gasteiger partial charge in [-0.3, -0.25) is 4.79 Å². The number of amides is 1. The summed E-state index contributed by atoms with van der Waals surface area (Å²) in [5, 5.41) is 2.79. The highest BCUT2D eigenvalue weighted by atomic mass is 127. The van der Waals surface area contributed by atoms with Gasteiger partial charge in [0.2, 0.25) is 0 Å². The zero-order valence-corrected chi connectivity index (χ0v) is 15.4. The number of nitrogens with one attached hydrogen (secondary N) is 1. The maximum atomic E-state index is 13.2. The van der Waals surface area contributed by atoms with Crippen molar-refractivity contribution in [3.05, 3.63) is 65.9 Å². The molecule has 0 saturated heterocycles. The molecule has 0 aliphatic heterocycles. The fourth-order valence-corrected chi connectivity index (χ4v) is 2.95. The zero-order chi connectivity index (χ0) is 14.7. The van der Waals surface area contributed by atoms with Crippen LogP contribution in [0.5, 0.6) is 0 Å². The van der Waals surface area contributed by atoms with Crippen molar-refractivity contribution in [2.45, 2.75) is 6.54 Å². The molecule has 0 fully saturated rings. The van der Waals surface area contributed by atoms with Gasteiger partial charge < -0.3 is 5.32 Å². The Balaban J connectivity index is 2.12. The Labute approximate surface area is 146 Å². The Kier molecular flexibility index (Phi) is 5.57. The van der Waals surface area contributed by atoms with Crippen LogP contribution < -0.4 is 5.32 Å². The van der Waals surface area contributed by atoms with Gasteiger partial charge in [0.15, 0.2) is 0 Å². The number of carbonyl (C=O) groups excluding carboxylic acids is 1. The van der Waals surface area contributed by atoms with Crippen molar-refractivity contribution in [3.63, 3.8) is 0 Å². The van der Waals surface area contributed by atoms with Gasteiger partial charge in [-0.25, -0.2) is 4.39 Å². The summed E-state index contributed by atoms with van der Waals surface area (Å²) < 4.78 is 15.6. The Morgan fingerprint density at radius 2 is 1.95 bits per heavy atom. The van der Waals surface area contributed by atoms with E-state index in [1.54, 1.807) is 12.1 Å². The first-order valence-electron chi connectivity index (χ1n) is 5.64. The molecule has 0 bridgehead atoms. The van der Waals surface area contributed by atoms with Gasteiger partial charge in [0, 0.05) is 19.1 Å². The van der Waals surface area contributed by atoms with E-state index >= 15 is 0 Å². The molecular formula is C14H9Br2FINO. The molecule has 1 amide bonds. The Bertz CT molecular complexity index is 664. The summed E-state index contributed by atoms with van der Waals surface area (Å²) in [6.07, 6.45) is 0. The van der Waals surface area contributed by atoms with E-state index in [0.717, 1.165) is 12.5 Å². The average Bonchev–Trinajstić information content (AvgIpc) is 2.42. The van der Waals surface area contributed by atoms with E-state index in [4.69, 9.17) is 0 Å². The minimum absolute atomic E-state index is 0.188. The maximum Gasteiger partial charge on any atom is 0.252 e. The molecule has 0 heterocycles. The van der Waals surface area contributed by atoms with E-state index in [2.05, 4.69) is 59.8 Å². The molecule has 2 aromatic carbocycles. The van der Waals surface area contributed by atoms with Crippen molar-refractivity contribution in [1.29, 1.82) is 0 Å². The molecule has 0 spiro atoms. The summed E-state index contributed by atoms with van der Waals surface area (Å²) in [6, 6.07) is 9.89. The van der Waals surface area contributed by atoms with Crippen LogP contribution in [0.15, 0.2) is 45.3 Å². The van der Waals surface area contributed by atoms with Gasteiger partial charge >= 0.3 is 0 Å². The van der Waals surface area contributed by atoms with E-state index < -0.39 is 0 Å². The first kappa shape index (κ1) is 15.9. The van der Waals surface area contributed by atoms with E-state index in [-0.39, 0.29) is 18.3 Å². The second-order valence-electron chi connectivity index (χ2n) is 4.04. The van der Waals surface area contributed by atoms with Crippen molar-refractivity contribution in [2.75, 3.05) is 0 Å². The minimum Gasteiger partial charge on any atom is -0.348 e. The lowest BCUT2D eigenvalue weighted by molar-refractivity contribution is 0.0950. The molecule has 0 saturated carbocycles. The van der Waals surface area contributed by atoms with Crippen LogP contribution in [0.2, 0.25) is 0 Å². The Hall–Kier alpha value is -0.470. The fourth-order valence-electron chi connectivity index (χ4n) is 1.62. The van der Waals surface area contributed by atoms with Crippen molar-refractivity contribution in [3.8, 4) is 0 Å². The number of hydrogen-bond donors (Lipinski definition) is 1. The summed E-state index contributed by atoms with van der Waals surface area (Å²) in [4.78, 5) is 12.1. The van der Waals surface area contributed by atoms with Gasteiger partial charge in [-0.05, 0) is 64.6 Å². The molecule has 6 heteroatoms. The maximum absolute atomic E-state index is 13.2. The molecule has 1 N–H and O–H groups in total. The van der Waals surface area contributed by atoms with Gasteiger partial charge in [0.05, 0.1) is 5.56 Å². The third kappa shape index (κ3) is 4.02. The van der Waals surface area contributed by atoms with Crippen LogP contribution in [0, 0.1) is 9.39 Å². The third-order valence-corrected chi connectivity index (χ3v) is 4.83. The zero-order valence-electron chi connectivity index (χ0n) is 10.1. The number of halogens is 4. The van der Waals surface area contributed by atoms with E-state index in [1.165, 1.54) is 12.1 Å². The molecule has 0 atom stereocenters. The summed E-state index contributed by atoms with van der Waals surface area (Å²) in [6.45, 7) is 0.264. The highest BCUT2D eigenvalue weighted by molar-refractivity contribution is 14.1. The minimum atomic E-state index is -0.325. The van der Waals surface area contributed by atoms with Crippen LogP contribution in [-0.2, 0) is 6.54 Å². The molecular weight excluding hydrogens is 504 g/mol. The molecule has 2 nitrogen and oxygen atoms in total. The van der Waals surface area contributed by atoms with Crippen LogP contribution in [0.1, 0.15) is 15.9 Å². The molecule has 0 unspecified atom stereocenters. The van der Waals surface area contributed by atoms with Gasteiger partial charge in [0.1, 0.15) is 5.82 Å². The first-order valence-corrected chi connectivity index (χ1v) is 8.31. The number of rotatable bonds is 3. The van der Waals surface area contributed by atoms with Crippen molar-refractivity contribution < 1.29 is 9.18 Å². The van der Waals surface area contributed by atoms with Gasteiger partial charge in [-0.2, -0.15) is 0 Å². The summed E-state index contributed by atoms with van der Waals surface area (Å²) >= 11 is 8.79. The number of carbonyl (C=O) groups is 1. The average molecular weight is 513 g/mol. The monoisotopic (exact) mass is 511 g/mol. The van der Waals surface area contributed by atoms with Crippen LogP contribution >= 0.6 is 54.5 Å². The quantitative estimate of drug-likeness (QED) is 0.583. The molecule has 20 heavy (non-hydrogen) atoms. The topological polar surface area (TPSA) is 29.1 Å². The van der Waals surface area contributed by atoms with Crippen LogP contribution in [0.3, 0.4) is 0 Å². The SMILES string of the molecule is O=C(NCc1cc(F)ccc1Br)c1cc(Br)ccc1I. The molecule has 104 valence electrons. The second kappa shape index (κ2) is 7.00. The van der Waals surface area contributed by atoms with Crippen molar-refractivity contribution in [1.82, 2.24) is 5.32 Å². The lowest BCUT2D eigenvalue weighted by atomic mass is 10.2. The molecule has 2 aromatic rings. The molecule has 0 aliphatic rings. The highest BCUT2D eigenvalue weighted by Gasteiger charge is 2.11. The van der Waals surface area contributed by atoms with Crippen LogP contribution in [-0.4, -0.2) is 5.91 Å². The number of hydrogen-bond acceptors (Lipinski definition) is 1. The van der Waals surface area contributed by atoms with Crippen LogP contribution in [0.4, 0.5) is 4.39 Å². The summed E-state index contributed by atoms with van der Waals surface area (Å²) in [5.74, 6) is -0.513. The molecule has 0 aromatic heterocycles. The predicted octanol–water partition coefficient (Wildman–Crippen LogP) is 4.89. The summed E-state index contributed by atoms with van der Waals surface area (Å²) in [5.41, 5.74) is 1.29. The molecule has 0 radical (unpaired) electrons. The van der Waals surface area contributed by atoms with E-state index in [9.17, 15) is 9.18 Å². The van der Waals surface area contributed by atoms with Crippen molar-refractivity contribution >= 4 is 60.4 Å². The second-order valence-corrected chi connectivity index (χ2v) is 6.97. The standard InChI is InChI=1S/C14H9Br2FINO/c15-9-1-4-13(18)11(6-9)14(20)19-7-8-5-10(17)2-3-12(8)16/h1-6H,7H2,(H,19,20). The Morgan fingerprint density at radius 3 is 2.70 bits per heavy atom. The smallest absolute Gasteiger partial charge is 0.252 e. The first-order chi connectivity index (χ1) is 9.47. The van der Waals surface area contributed by atoms with Gasteiger partial charge in [0.25, 0.3) is 5.91 Å². The number of benzene rings is 2. The molecule has 2 rings (SSSR count). The highest BCUT2D eigenvalue weighted by Crippen LogP contribution is 2.20. The largest absolute Gasteiger partial charge is 0.348 e. The predicted molar refractivity (Wildman–Crippen MR) is 92.1 cm³/mol. The van der Waals surface area contributed by atoms with E-state index in [0.29, 0.717) is 11.1 Å². The Morgan fingerprint density at radius 1 is 1.20 bits per heavy atom. The normalized spacial score (nSPS) is 10.4. The fraction of sp³-hybridized carbons (Fsp3) is 0.0714. The third-order valence-electron chi connectivity index (χ3n) is 2.62. The van der Waals surface area contributed by atoms with Crippen molar-refractivity contribution in [2.24, 2.45) is 0 Å². The molecule has 0 aliphatic carbocycles. The summed E-state index contributed by atoms with van der Waals surface area (Å²) in [7, 11) is 0. The van der Waals surface area contributed by atoms with Gasteiger partial charge in [-0.1, -0.05) is 31.9 Å². The van der Waals surface area contributed by atoms with E-state index in [1.807, 2.05) is 12.1 Å². The van der Waals surface area contributed by atoms with Crippen LogP contribution in [0.25, 0.3) is 0 Å². The lowest BCUT2D eigenvalue weighted by Gasteiger charge is -2.09. The lowest BCUT2D eigenvalue weighted by Crippen LogP contribution is -2.24.